The molecule has 14 heteroatoms. The summed E-state index contributed by atoms with van der Waals surface area (Å²) in [6, 6.07) is 4.59. The van der Waals surface area contributed by atoms with Crippen molar-refractivity contribution in [3.05, 3.63) is 47.5 Å². The zero-order chi connectivity index (χ0) is 28.9. The zero-order valence-electron chi connectivity index (χ0n) is 21.9. The first-order valence-electron chi connectivity index (χ1n) is 11.4. The van der Waals surface area contributed by atoms with E-state index >= 15 is 0 Å². The number of alkyl halides is 3. The number of ether oxygens (including phenoxy) is 2. The van der Waals surface area contributed by atoms with Crippen LogP contribution in [0.4, 0.5) is 13.2 Å². The number of nitrogens with two attached hydrogens (primary N) is 1. The molecule has 3 N–H and O–H groups in total. The number of rotatable bonds is 9. The maximum atomic E-state index is 12.1. The summed E-state index contributed by atoms with van der Waals surface area (Å²) in [7, 11) is 1.70. The summed E-state index contributed by atoms with van der Waals surface area (Å²) in [6.45, 7) is 7.86. The normalized spacial score (nSPS) is 11.7. The molecule has 38 heavy (non-hydrogen) atoms. The molecule has 0 saturated heterocycles. The number of likely N-dealkylation sites (N-methyl/N-ethyl adjacent to an activating group) is 1. The summed E-state index contributed by atoms with van der Waals surface area (Å²) in [5.74, 6) is -0.0114. The Labute approximate surface area is 223 Å². The zero-order valence-corrected chi connectivity index (χ0v) is 22.7. The number of aldehydes is 1. The number of amides is 1. The van der Waals surface area contributed by atoms with Gasteiger partial charge in [0.25, 0.3) is 0 Å². The molecule has 3 heterocycles. The Balaban J connectivity index is 0.000000620. The van der Waals surface area contributed by atoms with Gasteiger partial charge in [0.05, 0.1) is 22.3 Å². The van der Waals surface area contributed by atoms with Crippen molar-refractivity contribution < 1.29 is 32.2 Å². The van der Waals surface area contributed by atoms with Gasteiger partial charge in [0.1, 0.15) is 11.9 Å². The molecule has 0 aliphatic rings. The summed E-state index contributed by atoms with van der Waals surface area (Å²) >= 11 is 1.23. The van der Waals surface area contributed by atoms with E-state index in [-0.39, 0.29) is 23.7 Å². The topological polar surface area (TPSA) is 142 Å². The highest BCUT2D eigenvalue weighted by atomic mass is 32.1. The number of nitrogens with zero attached hydrogens (tertiary/aromatic N) is 4. The molecule has 1 amide bonds. The largest absolute Gasteiger partial charge is 0.484 e. The van der Waals surface area contributed by atoms with Gasteiger partial charge < -0.3 is 20.5 Å². The maximum absolute atomic E-state index is 12.1. The number of carbonyl (C=O) groups excluding carboxylic acids is 2. The minimum absolute atomic E-state index is 0.0889. The lowest BCUT2D eigenvalue weighted by atomic mass is 10.1. The monoisotopic (exact) mass is 556 g/mol. The van der Waals surface area contributed by atoms with Gasteiger partial charge in [0.2, 0.25) is 11.8 Å². The maximum Gasteiger partial charge on any atom is 0.422 e. The van der Waals surface area contributed by atoms with E-state index in [0.717, 1.165) is 4.88 Å². The second kappa shape index (κ2) is 14.9. The molecule has 0 aliphatic carbocycles. The number of nitrogens with one attached hydrogen (secondary N) is 1. The van der Waals surface area contributed by atoms with Crippen molar-refractivity contribution in [2.75, 3.05) is 13.7 Å². The second-order valence-electron chi connectivity index (χ2n) is 7.80. The SMILES string of the molecule is CC.CC(Oc1ccc(OCC(F)(F)F)nc1)c1cc(-c2cnc(C=O)nc2)ns1.CNC(C)(C)C(N)=O. The number of pyridine rings is 1. The average Bonchev–Trinajstić information content (AvgIpc) is 3.40. The molecule has 3 rings (SSSR count). The number of aromatic nitrogens is 4. The fraction of sp³-hybridized carbons (Fsp3) is 0.417. The Morgan fingerprint density at radius 1 is 1.16 bits per heavy atom. The van der Waals surface area contributed by atoms with Gasteiger partial charge in [0, 0.05) is 24.0 Å². The lowest BCUT2D eigenvalue weighted by molar-refractivity contribution is -0.154. The smallest absolute Gasteiger partial charge is 0.422 e. The van der Waals surface area contributed by atoms with Crippen molar-refractivity contribution in [2.45, 2.75) is 52.4 Å². The van der Waals surface area contributed by atoms with Gasteiger partial charge >= 0.3 is 6.18 Å². The third-order valence-corrected chi connectivity index (χ3v) is 5.60. The Morgan fingerprint density at radius 3 is 2.24 bits per heavy atom. The molecule has 3 aromatic heterocycles. The lowest BCUT2D eigenvalue weighted by Crippen LogP contribution is -2.48. The van der Waals surface area contributed by atoms with Crippen LogP contribution in [-0.2, 0) is 4.79 Å². The van der Waals surface area contributed by atoms with Gasteiger partial charge in [-0.1, -0.05) is 13.8 Å². The molecular formula is C24H31F3N6O4S. The van der Waals surface area contributed by atoms with Crippen LogP contribution < -0.4 is 20.5 Å². The molecule has 10 nitrogen and oxygen atoms in total. The first kappa shape index (κ1) is 32.4. The van der Waals surface area contributed by atoms with Crippen LogP contribution in [-0.4, -0.2) is 56.9 Å². The average molecular weight is 557 g/mol. The van der Waals surface area contributed by atoms with E-state index in [1.54, 1.807) is 27.8 Å². The number of carbonyl (C=O) groups is 2. The first-order valence-corrected chi connectivity index (χ1v) is 12.2. The van der Waals surface area contributed by atoms with Crippen molar-refractivity contribution in [1.82, 2.24) is 24.6 Å². The summed E-state index contributed by atoms with van der Waals surface area (Å²) in [5.41, 5.74) is 5.71. The van der Waals surface area contributed by atoms with E-state index < -0.39 is 18.3 Å². The number of primary amides is 1. The fourth-order valence-electron chi connectivity index (χ4n) is 2.21. The third kappa shape index (κ3) is 10.8. The number of hydrogen-bond donors (Lipinski definition) is 2. The van der Waals surface area contributed by atoms with Gasteiger partial charge in [-0.25, -0.2) is 15.0 Å². The molecule has 0 spiro atoms. The van der Waals surface area contributed by atoms with Crippen LogP contribution in [0.15, 0.2) is 36.8 Å². The van der Waals surface area contributed by atoms with E-state index in [9.17, 15) is 22.8 Å². The minimum atomic E-state index is -4.42. The van der Waals surface area contributed by atoms with E-state index in [2.05, 4.69) is 29.4 Å². The molecule has 1 atom stereocenters. The van der Waals surface area contributed by atoms with Crippen LogP contribution in [0.25, 0.3) is 11.3 Å². The Bertz CT molecular complexity index is 1140. The molecule has 0 saturated carbocycles. The van der Waals surface area contributed by atoms with Crippen LogP contribution in [0.1, 0.15) is 56.2 Å². The highest BCUT2D eigenvalue weighted by Gasteiger charge is 2.28. The van der Waals surface area contributed by atoms with Crippen LogP contribution in [0.2, 0.25) is 0 Å². The van der Waals surface area contributed by atoms with Gasteiger partial charge in [0.15, 0.2) is 18.7 Å². The quantitative estimate of drug-likeness (QED) is 0.367. The predicted molar refractivity (Wildman–Crippen MR) is 137 cm³/mol. The number of halogens is 3. The lowest BCUT2D eigenvalue weighted by Gasteiger charge is -2.18. The van der Waals surface area contributed by atoms with Gasteiger partial charge in [-0.05, 0) is 51.5 Å². The molecule has 208 valence electrons. The van der Waals surface area contributed by atoms with E-state index in [1.807, 2.05) is 19.9 Å². The molecule has 3 aromatic rings. The Hall–Kier alpha value is -3.65. The van der Waals surface area contributed by atoms with Crippen LogP contribution in [0.5, 0.6) is 11.6 Å². The standard InChI is InChI=1S/C17H13F3N4O3S.C5H12N2O.C2H6/c1-10(27-12-2-3-16(23-7-12)26-9-17(18,19)20)14-4-13(24-28-14)11-5-21-15(8-25)22-6-11;1-5(2,7-3)4(6)8;1-2/h2-8,10H,9H2,1H3;7H,1-3H3,(H2,6,8);1-2H3. The summed E-state index contributed by atoms with van der Waals surface area (Å²) in [4.78, 5) is 33.4. The molecule has 1 unspecified atom stereocenters. The molecule has 0 bridgehead atoms. The Morgan fingerprint density at radius 2 is 1.79 bits per heavy atom. The van der Waals surface area contributed by atoms with Gasteiger partial charge in [-0.15, -0.1) is 0 Å². The Kier molecular flexibility index (Phi) is 12.7. The van der Waals surface area contributed by atoms with Crippen molar-refractivity contribution in [1.29, 1.82) is 0 Å². The van der Waals surface area contributed by atoms with E-state index in [0.29, 0.717) is 23.3 Å². The van der Waals surface area contributed by atoms with E-state index in [4.69, 9.17) is 10.5 Å². The second-order valence-corrected chi connectivity index (χ2v) is 8.63. The summed E-state index contributed by atoms with van der Waals surface area (Å²) in [6.07, 6.45) is 0.0593. The third-order valence-electron chi connectivity index (χ3n) is 4.65. The predicted octanol–water partition coefficient (Wildman–Crippen LogP) is 4.38. The van der Waals surface area contributed by atoms with Crippen LogP contribution in [0.3, 0.4) is 0 Å². The molecular weight excluding hydrogens is 525 g/mol. The molecule has 0 fully saturated rings. The molecule has 0 radical (unpaired) electrons. The molecule has 0 aliphatic heterocycles. The van der Waals surface area contributed by atoms with Gasteiger partial charge in [-0.2, -0.15) is 17.5 Å². The van der Waals surface area contributed by atoms with Gasteiger partial charge in [-0.3, -0.25) is 9.59 Å². The van der Waals surface area contributed by atoms with Crippen molar-refractivity contribution in [3.8, 4) is 22.9 Å². The highest BCUT2D eigenvalue weighted by molar-refractivity contribution is 7.06. The summed E-state index contributed by atoms with van der Waals surface area (Å²) < 4.78 is 51.0. The van der Waals surface area contributed by atoms with Crippen molar-refractivity contribution in [2.24, 2.45) is 5.73 Å². The van der Waals surface area contributed by atoms with Crippen LogP contribution in [0, 0.1) is 0 Å². The highest BCUT2D eigenvalue weighted by Crippen LogP contribution is 2.29. The molecule has 0 aromatic carbocycles. The van der Waals surface area contributed by atoms with Crippen LogP contribution >= 0.6 is 11.5 Å². The van der Waals surface area contributed by atoms with E-state index in [1.165, 1.54) is 42.3 Å². The fourth-order valence-corrected chi connectivity index (χ4v) is 2.93. The minimum Gasteiger partial charge on any atom is -0.484 e. The summed E-state index contributed by atoms with van der Waals surface area (Å²) in [5, 5.41) is 2.77. The number of hydrogen-bond acceptors (Lipinski definition) is 10. The van der Waals surface area contributed by atoms with Crippen molar-refractivity contribution in [3.63, 3.8) is 0 Å². The first-order chi connectivity index (χ1) is 17.8. The van der Waals surface area contributed by atoms with Crippen molar-refractivity contribution >= 4 is 23.7 Å².